The molecule has 2 aromatic heterocycles. The Kier molecular flexibility index (Phi) is 6.63. The van der Waals surface area contributed by atoms with Gasteiger partial charge in [-0.2, -0.15) is 4.98 Å². The summed E-state index contributed by atoms with van der Waals surface area (Å²) >= 11 is 0. The molecule has 3 rings (SSSR count). The van der Waals surface area contributed by atoms with Crippen molar-refractivity contribution < 1.29 is 9.09 Å². The Labute approximate surface area is 159 Å². The van der Waals surface area contributed by atoms with E-state index in [1.54, 1.807) is 0 Å². The molecule has 0 bridgehead atoms. The van der Waals surface area contributed by atoms with E-state index in [-0.39, 0.29) is 14.6 Å². The summed E-state index contributed by atoms with van der Waals surface area (Å²) in [4.78, 5) is 13.3. The van der Waals surface area contributed by atoms with Crippen LogP contribution in [0.2, 0.25) is 0 Å². The molecule has 27 heavy (non-hydrogen) atoms. The summed E-state index contributed by atoms with van der Waals surface area (Å²) < 4.78 is 15.2. The molecule has 0 atom stereocenters. The van der Waals surface area contributed by atoms with Crippen LogP contribution in [0, 0.1) is 0 Å². The predicted octanol–water partition coefficient (Wildman–Crippen LogP) is 4.13. The minimum absolute atomic E-state index is 0.242. The van der Waals surface area contributed by atoms with E-state index in [1.165, 1.54) is 0 Å². The van der Waals surface area contributed by atoms with E-state index in [1.807, 2.05) is 36.4 Å². The van der Waals surface area contributed by atoms with Crippen molar-refractivity contribution in [3.8, 4) is 0 Å². The molecule has 2 heterocycles. The number of nitrogens with one attached hydrogen (secondary N) is 1. The third kappa shape index (κ3) is 5.18. The Bertz CT molecular complexity index is 918. The van der Waals surface area contributed by atoms with Gasteiger partial charge in [-0.25, -0.2) is 14.5 Å². The second kappa shape index (κ2) is 9.35. The van der Waals surface area contributed by atoms with Crippen molar-refractivity contribution in [2.75, 3.05) is 17.6 Å². The van der Waals surface area contributed by atoms with Crippen molar-refractivity contribution in [1.29, 1.82) is 0 Å². The highest BCUT2D eigenvalue weighted by molar-refractivity contribution is 7.17. The van der Waals surface area contributed by atoms with Crippen LogP contribution in [0.15, 0.2) is 36.4 Å². The summed E-state index contributed by atoms with van der Waals surface area (Å²) in [5.41, 5.74) is 10.3. The average Bonchev–Trinajstić information content (AvgIpc) is 2.68. The smallest absolute Gasteiger partial charge is 0.327 e. The quantitative estimate of drug-likeness (QED) is 0.423. The second-order valence-electron chi connectivity index (χ2n) is 6.22. The molecule has 0 radical (unpaired) electrons. The maximum Gasteiger partial charge on any atom is 0.327 e. The Morgan fingerprint density at radius 3 is 2.59 bits per heavy atom. The highest BCUT2D eigenvalue weighted by atomic mass is 31.1. The number of nitrogens with two attached hydrogens (primary N) is 1. The molecule has 3 N–H and O–H groups in total. The second-order valence-corrected chi connectivity index (χ2v) is 6.63. The zero-order valence-electron chi connectivity index (χ0n) is 15.2. The number of anilines is 2. The van der Waals surface area contributed by atoms with Crippen molar-refractivity contribution in [3.05, 3.63) is 53.2 Å². The molecule has 0 aliphatic carbocycles. The number of unbranched alkanes of at least 4 members (excludes halogenated alkanes) is 1. The van der Waals surface area contributed by atoms with Crippen molar-refractivity contribution >= 4 is 31.5 Å². The van der Waals surface area contributed by atoms with Crippen molar-refractivity contribution in [2.45, 2.75) is 32.8 Å². The number of nitrogens with zero attached hydrogens (tertiary/aromatic N) is 3. The lowest BCUT2D eigenvalue weighted by Crippen LogP contribution is -2.08. The van der Waals surface area contributed by atoms with Gasteiger partial charge in [0, 0.05) is 18.7 Å². The van der Waals surface area contributed by atoms with Gasteiger partial charge >= 0.3 is 8.69 Å². The maximum atomic E-state index is 10.4. The summed E-state index contributed by atoms with van der Waals surface area (Å²) in [6.07, 6.45) is 2.84. The van der Waals surface area contributed by atoms with E-state index in [0.29, 0.717) is 18.8 Å². The number of benzene rings is 1. The van der Waals surface area contributed by atoms with Crippen LogP contribution >= 0.6 is 8.69 Å². The zero-order chi connectivity index (χ0) is 19.1. The van der Waals surface area contributed by atoms with Gasteiger partial charge in [-0.05, 0) is 29.7 Å². The van der Waals surface area contributed by atoms with Gasteiger partial charge in [0.2, 0.25) is 5.95 Å². The average molecular weight is 383 g/mol. The molecule has 0 saturated carbocycles. The fourth-order valence-corrected chi connectivity index (χ4v) is 2.94. The van der Waals surface area contributed by atoms with Crippen molar-refractivity contribution in [1.82, 2.24) is 15.0 Å². The van der Waals surface area contributed by atoms with Crippen molar-refractivity contribution in [2.24, 2.45) is 0 Å². The molecular weight excluding hydrogens is 361 g/mol. The standard InChI is InChI=1S/C19H22N5O2P/c1-2-3-10-21-18-17-16(23-19(20)24-18)9-8-15(22-17)11-13-4-6-14(7-5-13)12-26-27-25/h4-9H,2-3,10-12H2,1H3,(H3,20,21,23,24). The highest BCUT2D eigenvalue weighted by Gasteiger charge is 2.09. The van der Waals surface area contributed by atoms with Crippen LogP contribution < -0.4 is 11.1 Å². The molecule has 0 aliphatic rings. The fraction of sp³-hybridized carbons (Fsp3) is 0.316. The van der Waals surface area contributed by atoms with Gasteiger partial charge in [-0.3, -0.25) is 4.52 Å². The monoisotopic (exact) mass is 383 g/mol. The van der Waals surface area contributed by atoms with Gasteiger partial charge < -0.3 is 11.1 Å². The molecule has 0 aliphatic heterocycles. The van der Waals surface area contributed by atoms with Crippen LogP contribution in [0.5, 0.6) is 0 Å². The van der Waals surface area contributed by atoms with E-state index in [2.05, 4.69) is 22.2 Å². The highest BCUT2D eigenvalue weighted by Crippen LogP contribution is 2.21. The summed E-state index contributed by atoms with van der Waals surface area (Å²) in [6, 6.07) is 11.8. The Balaban J connectivity index is 1.81. The SMILES string of the molecule is CCCCNc1nc(N)nc2ccc(Cc3ccc(COP=O)cc3)nc12. The third-order valence-electron chi connectivity index (χ3n) is 4.13. The molecule has 0 saturated heterocycles. The molecule has 0 unspecified atom stereocenters. The summed E-state index contributed by atoms with van der Waals surface area (Å²) in [7, 11) is -0.307. The number of aromatic nitrogens is 3. The molecule has 0 fully saturated rings. The van der Waals surface area contributed by atoms with E-state index in [9.17, 15) is 4.57 Å². The van der Waals surface area contributed by atoms with Crippen LogP contribution in [0.4, 0.5) is 11.8 Å². The topological polar surface area (TPSA) is 103 Å². The molecule has 140 valence electrons. The first-order valence-electron chi connectivity index (χ1n) is 8.89. The van der Waals surface area contributed by atoms with E-state index in [0.717, 1.165) is 47.2 Å². The first-order chi connectivity index (χ1) is 13.2. The van der Waals surface area contributed by atoms with Gasteiger partial charge in [0.25, 0.3) is 0 Å². The summed E-state index contributed by atoms with van der Waals surface area (Å²) in [5, 5.41) is 3.31. The number of fused-ring (bicyclic) bond motifs is 1. The summed E-state index contributed by atoms with van der Waals surface area (Å²) in [5.74, 6) is 0.920. The lowest BCUT2D eigenvalue weighted by atomic mass is 10.1. The van der Waals surface area contributed by atoms with E-state index in [4.69, 9.17) is 15.2 Å². The lowest BCUT2D eigenvalue weighted by molar-refractivity contribution is 0.332. The molecule has 8 heteroatoms. The number of nitrogen functional groups attached to an aromatic ring is 1. The number of rotatable bonds is 9. The van der Waals surface area contributed by atoms with Gasteiger partial charge in [0.15, 0.2) is 5.82 Å². The van der Waals surface area contributed by atoms with E-state index >= 15 is 0 Å². The van der Waals surface area contributed by atoms with Gasteiger partial charge in [-0.1, -0.05) is 37.6 Å². The lowest BCUT2D eigenvalue weighted by Gasteiger charge is -2.10. The first kappa shape index (κ1) is 19.1. The number of hydrogen-bond donors (Lipinski definition) is 2. The minimum Gasteiger partial charge on any atom is -0.368 e. The Hall–Kier alpha value is -2.63. The largest absolute Gasteiger partial charge is 0.368 e. The third-order valence-corrected chi connectivity index (χ3v) is 4.37. The van der Waals surface area contributed by atoms with Crippen LogP contribution in [-0.4, -0.2) is 21.5 Å². The molecule has 1 aromatic carbocycles. The van der Waals surface area contributed by atoms with Crippen LogP contribution in [-0.2, 0) is 22.1 Å². The van der Waals surface area contributed by atoms with E-state index < -0.39 is 0 Å². The first-order valence-corrected chi connectivity index (χ1v) is 9.62. The van der Waals surface area contributed by atoms with Crippen LogP contribution in [0.3, 0.4) is 0 Å². The fourth-order valence-electron chi connectivity index (χ4n) is 2.74. The molecule has 0 spiro atoms. The number of hydrogen-bond acceptors (Lipinski definition) is 7. The van der Waals surface area contributed by atoms with Gasteiger partial charge in [0.05, 0.1) is 12.1 Å². The number of pyridine rings is 1. The maximum absolute atomic E-state index is 10.4. The summed E-state index contributed by atoms with van der Waals surface area (Å²) in [6.45, 7) is 3.29. The van der Waals surface area contributed by atoms with Gasteiger partial charge in [0.1, 0.15) is 5.52 Å². The molecule has 0 amide bonds. The Morgan fingerprint density at radius 2 is 1.85 bits per heavy atom. The van der Waals surface area contributed by atoms with Crippen molar-refractivity contribution in [3.63, 3.8) is 0 Å². The molecule has 7 nitrogen and oxygen atoms in total. The minimum atomic E-state index is -0.307. The molecule has 3 aromatic rings. The van der Waals surface area contributed by atoms with Crippen LogP contribution in [0.1, 0.15) is 36.6 Å². The molecular formula is C19H22N5O2P. The Morgan fingerprint density at radius 1 is 1.07 bits per heavy atom. The van der Waals surface area contributed by atoms with Crippen LogP contribution in [0.25, 0.3) is 11.0 Å². The predicted molar refractivity (Wildman–Crippen MR) is 107 cm³/mol. The zero-order valence-corrected chi connectivity index (χ0v) is 16.1. The normalized spacial score (nSPS) is 11.1. The van der Waals surface area contributed by atoms with Gasteiger partial charge in [-0.15, -0.1) is 0 Å².